The number of nitrogens with zero attached hydrogens (tertiary/aromatic N) is 4. The summed E-state index contributed by atoms with van der Waals surface area (Å²) in [6, 6.07) is 16.1. The molecule has 0 radical (unpaired) electrons. The van der Waals surface area contributed by atoms with Gasteiger partial charge in [-0.25, -0.2) is 18.2 Å². The van der Waals surface area contributed by atoms with Crippen LogP contribution in [0, 0.1) is 0 Å². The van der Waals surface area contributed by atoms with Crippen LogP contribution in [0.5, 0.6) is 0 Å². The lowest BCUT2D eigenvalue weighted by Crippen LogP contribution is -2.38. The van der Waals surface area contributed by atoms with Gasteiger partial charge in [0.25, 0.3) is 0 Å². The molecule has 160 valence electrons. The van der Waals surface area contributed by atoms with Crippen LogP contribution in [0.15, 0.2) is 71.8 Å². The Labute approximate surface area is 181 Å². The number of amides is 1. The van der Waals surface area contributed by atoms with E-state index >= 15 is 0 Å². The molecule has 0 bridgehead atoms. The summed E-state index contributed by atoms with van der Waals surface area (Å²) >= 11 is 0. The standard InChI is InChI=1S/C22H23N5O3S/c23-31(29,30)20-9-7-18(8-10-20)21-16-27(25-24-21)19-12-14-26(15-13-19)22(28)11-6-17-4-2-1-3-5-17/h1-11,16,19H,12-15H2,(H2,23,29,30). The number of piperidine rings is 1. The summed E-state index contributed by atoms with van der Waals surface area (Å²) in [5.41, 5.74) is 2.42. The number of benzene rings is 2. The van der Waals surface area contributed by atoms with Crippen LogP contribution in [-0.2, 0) is 14.8 Å². The second-order valence-corrected chi connectivity index (χ2v) is 9.02. The molecule has 1 aromatic heterocycles. The third kappa shape index (κ3) is 5.07. The van der Waals surface area contributed by atoms with Gasteiger partial charge < -0.3 is 4.90 Å². The van der Waals surface area contributed by atoms with Crippen molar-refractivity contribution in [1.29, 1.82) is 0 Å². The summed E-state index contributed by atoms with van der Waals surface area (Å²) in [4.78, 5) is 14.4. The van der Waals surface area contributed by atoms with Crippen molar-refractivity contribution >= 4 is 22.0 Å². The molecule has 1 aliphatic heterocycles. The molecule has 2 N–H and O–H groups in total. The number of aromatic nitrogens is 3. The molecule has 8 nitrogen and oxygen atoms in total. The second-order valence-electron chi connectivity index (χ2n) is 7.45. The average Bonchev–Trinajstić information content (AvgIpc) is 3.28. The Kier molecular flexibility index (Phi) is 5.97. The van der Waals surface area contributed by atoms with Crippen LogP contribution < -0.4 is 5.14 Å². The predicted molar refractivity (Wildman–Crippen MR) is 117 cm³/mol. The van der Waals surface area contributed by atoms with E-state index in [9.17, 15) is 13.2 Å². The van der Waals surface area contributed by atoms with Crippen molar-refractivity contribution in [2.75, 3.05) is 13.1 Å². The van der Waals surface area contributed by atoms with E-state index in [4.69, 9.17) is 5.14 Å². The van der Waals surface area contributed by atoms with Crippen LogP contribution >= 0.6 is 0 Å². The molecular weight excluding hydrogens is 414 g/mol. The van der Waals surface area contributed by atoms with Gasteiger partial charge in [-0.1, -0.05) is 47.7 Å². The molecule has 0 aliphatic carbocycles. The molecule has 9 heteroatoms. The van der Waals surface area contributed by atoms with E-state index < -0.39 is 10.0 Å². The molecule has 2 aromatic carbocycles. The molecule has 2 heterocycles. The zero-order valence-corrected chi connectivity index (χ0v) is 17.6. The van der Waals surface area contributed by atoms with Crippen LogP contribution in [-0.4, -0.2) is 47.3 Å². The summed E-state index contributed by atoms with van der Waals surface area (Å²) in [6.45, 7) is 1.31. The van der Waals surface area contributed by atoms with Gasteiger partial charge in [0.2, 0.25) is 15.9 Å². The smallest absolute Gasteiger partial charge is 0.246 e. The van der Waals surface area contributed by atoms with Gasteiger partial charge in [0.05, 0.1) is 17.1 Å². The fraction of sp³-hybridized carbons (Fsp3) is 0.227. The predicted octanol–water partition coefficient (Wildman–Crippen LogP) is 2.47. The zero-order valence-electron chi connectivity index (χ0n) is 16.8. The fourth-order valence-corrected chi connectivity index (χ4v) is 4.11. The van der Waals surface area contributed by atoms with Gasteiger partial charge in [-0.2, -0.15) is 0 Å². The molecule has 1 amide bonds. The minimum absolute atomic E-state index is 0.0107. The maximum absolute atomic E-state index is 12.5. The van der Waals surface area contributed by atoms with Crippen molar-refractivity contribution in [2.45, 2.75) is 23.8 Å². The third-order valence-electron chi connectivity index (χ3n) is 5.36. The molecule has 31 heavy (non-hydrogen) atoms. The molecule has 3 aromatic rings. The normalized spacial score (nSPS) is 15.5. The van der Waals surface area contributed by atoms with Crippen LogP contribution in [0.4, 0.5) is 0 Å². The Balaban J connectivity index is 1.36. The van der Waals surface area contributed by atoms with E-state index in [0.29, 0.717) is 18.8 Å². The van der Waals surface area contributed by atoms with Gasteiger partial charge in [0.1, 0.15) is 5.69 Å². The van der Waals surface area contributed by atoms with E-state index in [1.165, 1.54) is 12.1 Å². The Morgan fingerprint density at radius 2 is 1.71 bits per heavy atom. The third-order valence-corrected chi connectivity index (χ3v) is 6.29. The summed E-state index contributed by atoms with van der Waals surface area (Å²) in [5.74, 6) is 0.0107. The number of nitrogens with two attached hydrogens (primary N) is 1. The van der Waals surface area contributed by atoms with Gasteiger partial charge in [-0.15, -0.1) is 5.10 Å². The molecule has 0 unspecified atom stereocenters. The maximum atomic E-state index is 12.5. The maximum Gasteiger partial charge on any atom is 0.246 e. The van der Waals surface area contributed by atoms with E-state index in [-0.39, 0.29) is 16.8 Å². The van der Waals surface area contributed by atoms with Crippen LogP contribution in [0.3, 0.4) is 0 Å². The first-order chi connectivity index (χ1) is 14.9. The van der Waals surface area contributed by atoms with Crippen LogP contribution in [0.2, 0.25) is 0 Å². The summed E-state index contributed by atoms with van der Waals surface area (Å²) in [6.07, 6.45) is 6.88. The lowest BCUT2D eigenvalue weighted by Gasteiger charge is -2.31. The summed E-state index contributed by atoms with van der Waals surface area (Å²) < 4.78 is 24.6. The number of hydrogen-bond acceptors (Lipinski definition) is 5. The Morgan fingerprint density at radius 3 is 2.35 bits per heavy atom. The Bertz CT molecular complexity index is 1180. The van der Waals surface area contributed by atoms with Gasteiger partial charge in [-0.3, -0.25) is 4.79 Å². The highest BCUT2D eigenvalue weighted by molar-refractivity contribution is 7.89. The van der Waals surface area contributed by atoms with E-state index in [0.717, 1.165) is 24.0 Å². The average molecular weight is 438 g/mol. The molecule has 0 atom stereocenters. The number of primary sulfonamides is 1. The lowest BCUT2D eigenvalue weighted by molar-refractivity contribution is -0.127. The number of rotatable bonds is 5. The van der Waals surface area contributed by atoms with Crippen molar-refractivity contribution in [3.8, 4) is 11.3 Å². The largest absolute Gasteiger partial charge is 0.339 e. The Hall–Kier alpha value is -3.30. The van der Waals surface area contributed by atoms with Crippen molar-refractivity contribution < 1.29 is 13.2 Å². The molecule has 1 saturated heterocycles. The fourth-order valence-electron chi connectivity index (χ4n) is 3.59. The first kappa shape index (κ1) is 21.0. The number of carbonyl (C=O) groups is 1. The highest BCUT2D eigenvalue weighted by atomic mass is 32.2. The monoisotopic (exact) mass is 437 g/mol. The van der Waals surface area contributed by atoms with E-state index in [2.05, 4.69) is 10.3 Å². The quantitative estimate of drug-likeness (QED) is 0.617. The van der Waals surface area contributed by atoms with Gasteiger partial charge in [0.15, 0.2) is 0 Å². The van der Waals surface area contributed by atoms with E-state index in [1.54, 1.807) is 18.2 Å². The van der Waals surface area contributed by atoms with Gasteiger partial charge in [-0.05, 0) is 36.6 Å². The van der Waals surface area contributed by atoms with Crippen LogP contribution in [0.25, 0.3) is 17.3 Å². The topological polar surface area (TPSA) is 111 Å². The van der Waals surface area contributed by atoms with Crippen molar-refractivity contribution in [3.05, 3.63) is 72.4 Å². The molecule has 1 aliphatic rings. The van der Waals surface area contributed by atoms with Gasteiger partial charge in [0, 0.05) is 24.7 Å². The summed E-state index contributed by atoms with van der Waals surface area (Å²) in [7, 11) is -3.72. The highest BCUT2D eigenvalue weighted by Gasteiger charge is 2.24. The minimum atomic E-state index is -3.72. The minimum Gasteiger partial charge on any atom is -0.339 e. The lowest BCUT2D eigenvalue weighted by atomic mass is 10.0. The first-order valence-corrected chi connectivity index (χ1v) is 11.5. The van der Waals surface area contributed by atoms with Crippen molar-refractivity contribution in [3.63, 3.8) is 0 Å². The number of sulfonamides is 1. The van der Waals surface area contributed by atoms with Crippen molar-refractivity contribution in [1.82, 2.24) is 19.9 Å². The second kappa shape index (κ2) is 8.83. The zero-order chi connectivity index (χ0) is 21.8. The van der Waals surface area contributed by atoms with Crippen LogP contribution in [0.1, 0.15) is 24.4 Å². The molecule has 1 fully saturated rings. The van der Waals surface area contributed by atoms with E-state index in [1.807, 2.05) is 52.2 Å². The molecule has 0 saturated carbocycles. The molecular formula is C22H23N5O3S. The number of carbonyl (C=O) groups excluding carboxylic acids is 1. The number of hydrogen-bond donors (Lipinski definition) is 1. The molecule has 0 spiro atoms. The molecule has 4 rings (SSSR count). The summed E-state index contributed by atoms with van der Waals surface area (Å²) in [5, 5.41) is 13.6. The van der Waals surface area contributed by atoms with Crippen molar-refractivity contribution in [2.24, 2.45) is 5.14 Å². The highest BCUT2D eigenvalue weighted by Crippen LogP contribution is 2.25. The first-order valence-electron chi connectivity index (χ1n) is 9.97. The number of likely N-dealkylation sites (tertiary alicyclic amines) is 1. The Morgan fingerprint density at radius 1 is 1.03 bits per heavy atom. The SMILES string of the molecule is NS(=O)(=O)c1ccc(-c2cn(C3CCN(C(=O)C=Cc4ccccc4)CC3)nn2)cc1. The van der Waals surface area contributed by atoms with Gasteiger partial charge >= 0.3 is 0 Å².